The van der Waals surface area contributed by atoms with Gasteiger partial charge >= 0.3 is 0 Å². The summed E-state index contributed by atoms with van der Waals surface area (Å²) in [7, 11) is 0. The Bertz CT molecular complexity index is 307. The van der Waals surface area contributed by atoms with Crippen molar-refractivity contribution in [3.63, 3.8) is 0 Å². The minimum absolute atomic E-state index is 0.112. The van der Waals surface area contributed by atoms with Gasteiger partial charge in [-0.2, -0.15) is 0 Å². The molecule has 0 radical (unpaired) electrons. The summed E-state index contributed by atoms with van der Waals surface area (Å²) in [5, 5.41) is 0. The average Bonchev–Trinajstić information content (AvgIpc) is 1.96. The van der Waals surface area contributed by atoms with Crippen LogP contribution in [0.1, 0.15) is 16.7 Å². The summed E-state index contributed by atoms with van der Waals surface area (Å²) in [6.45, 7) is 3.99. The fraction of sp³-hybridized carbons (Fsp3) is 0.333. The number of benzene rings is 1. The van der Waals surface area contributed by atoms with E-state index in [4.69, 9.17) is 0 Å². The van der Waals surface area contributed by atoms with Gasteiger partial charge < -0.3 is 4.55 Å². The van der Waals surface area contributed by atoms with Gasteiger partial charge in [0.25, 0.3) is 0 Å². The molecule has 1 aromatic rings. The Balaban J connectivity index is 2.89. The molecule has 0 saturated heterocycles. The van der Waals surface area contributed by atoms with Crippen molar-refractivity contribution in [2.75, 3.05) is 0 Å². The quantitative estimate of drug-likeness (QED) is 0.654. The molecule has 1 unspecified atom stereocenters. The van der Waals surface area contributed by atoms with Crippen LogP contribution in [0, 0.1) is 13.8 Å². The van der Waals surface area contributed by atoms with Crippen molar-refractivity contribution in [2.45, 2.75) is 19.6 Å². The lowest BCUT2D eigenvalue weighted by atomic mass is 10.1. The first-order chi connectivity index (χ1) is 5.59. The van der Waals surface area contributed by atoms with Gasteiger partial charge in [0.2, 0.25) is 0 Å². The maximum Gasteiger partial charge on any atom is 0.0353 e. The maximum absolute atomic E-state index is 10.4. The SMILES string of the molecule is Cc1ccc(CS(=O)[O-])cc1C. The van der Waals surface area contributed by atoms with Gasteiger partial charge in [-0.15, -0.1) is 0 Å². The summed E-state index contributed by atoms with van der Waals surface area (Å²) in [5.74, 6) is 0.112. The first-order valence-electron chi connectivity index (χ1n) is 3.71. The fourth-order valence-corrected chi connectivity index (χ4v) is 1.48. The standard InChI is InChI=1S/C9H12O2S/c1-7-3-4-9(5-8(7)2)6-12(10)11/h3-5H,6H2,1-2H3,(H,10,11)/p-1. The molecule has 66 valence electrons. The van der Waals surface area contributed by atoms with E-state index < -0.39 is 11.1 Å². The van der Waals surface area contributed by atoms with E-state index in [1.54, 1.807) is 0 Å². The molecule has 12 heavy (non-hydrogen) atoms. The van der Waals surface area contributed by atoms with Crippen LogP contribution in [0.25, 0.3) is 0 Å². The summed E-state index contributed by atoms with van der Waals surface area (Å²) in [5.41, 5.74) is 3.18. The molecular formula is C9H11O2S-. The first kappa shape index (κ1) is 9.42. The van der Waals surface area contributed by atoms with Gasteiger partial charge in [-0.3, -0.25) is 4.21 Å². The summed E-state index contributed by atoms with van der Waals surface area (Å²) >= 11 is -1.98. The van der Waals surface area contributed by atoms with E-state index in [2.05, 4.69) is 0 Å². The van der Waals surface area contributed by atoms with E-state index >= 15 is 0 Å². The van der Waals surface area contributed by atoms with Crippen molar-refractivity contribution in [3.8, 4) is 0 Å². The number of rotatable bonds is 2. The van der Waals surface area contributed by atoms with Crippen molar-refractivity contribution >= 4 is 11.1 Å². The average molecular weight is 183 g/mol. The van der Waals surface area contributed by atoms with Crippen LogP contribution >= 0.6 is 0 Å². The minimum Gasteiger partial charge on any atom is -0.772 e. The van der Waals surface area contributed by atoms with E-state index in [-0.39, 0.29) is 5.75 Å². The van der Waals surface area contributed by atoms with Crippen LogP contribution in [0.5, 0.6) is 0 Å². The molecular weight excluding hydrogens is 172 g/mol. The Morgan fingerprint density at radius 3 is 2.50 bits per heavy atom. The van der Waals surface area contributed by atoms with E-state index in [0.717, 1.165) is 11.1 Å². The second-order valence-electron chi connectivity index (χ2n) is 2.87. The van der Waals surface area contributed by atoms with Gasteiger partial charge in [0.1, 0.15) is 0 Å². The van der Waals surface area contributed by atoms with Gasteiger partial charge in [-0.1, -0.05) is 29.3 Å². The Hall–Kier alpha value is -0.670. The molecule has 0 aliphatic carbocycles. The minimum atomic E-state index is -1.98. The third kappa shape index (κ3) is 2.43. The van der Waals surface area contributed by atoms with Crippen LogP contribution < -0.4 is 0 Å². The highest BCUT2D eigenvalue weighted by Crippen LogP contribution is 2.10. The Morgan fingerprint density at radius 1 is 1.33 bits per heavy atom. The second kappa shape index (κ2) is 3.83. The highest BCUT2D eigenvalue weighted by atomic mass is 32.2. The predicted octanol–water partition coefficient (Wildman–Crippen LogP) is 1.68. The van der Waals surface area contributed by atoms with Crippen LogP contribution in [0.15, 0.2) is 18.2 Å². The third-order valence-corrected chi connectivity index (χ3v) is 2.42. The molecule has 0 saturated carbocycles. The molecule has 1 atom stereocenters. The van der Waals surface area contributed by atoms with E-state index in [0.29, 0.717) is 0 Å². The van der Waals surface area contributed by atoms with Crippen LogP contribution in [0.4, 0.5) is 0 Å². The zero-order valence-electron chi connectivity index (χ0n) is 7.16. The Labute approximate surface area is 74.9 Å². The normalized spacial score (nSPS) is 12.9. The lowest BCUT2D eigenvalue weighted by molar-refractivity contribution is 0.536. The molecule has 0 fully saturated rings. The molecule has 1 rings (SSSR count). The lowest BCUT2D eigenvalue weighted by Gasteiger charge is -2.06. The van der Waals surface area contributed by atoms with Gasteiger partial charge in [0.15, 0.2) is 0 Å². The van der Waals surface area contributed by atoms with Crippen LogP contribution in [0.2, 0.25) is 0 Å². The zero-order chi connectivity index (χ0) is 9.14. The van der Waals surface area contributed by atoms with Crippen molar-refractivity contribution in [1.82, 2.24) is 0 Å². The van der Waals surface area contributed by atoms with Gasteiger partial charge in [-0.05, 0) is 30.5 Å². The summed E-state index contributed by atoms with van der Waals surface area (Å²) in [4.78, 5) is 0. The topological polar surface area (TPSA) is 40.1 Å². The monoisotopic (exact) mass is 183 g/mol. The van der Waals surface area contributed by atoms with E-state index in [1.807, 2.05) is 32.0 Å². The van der Waals surface area contributed by atoms with E-state index in [9.17, 15) is 8.76 Å². The smallest absolute Gasteiger partial charge is 0.0353 e. The number of aryl methyl sites for hydroxylation is 2. The van der Waals surface area contributed by atoms with Gasteiger partial charge in [-0.25, -0.2) is 0 Å². The highest BCUT2D eigenvalue weighted by Gasteiger charge is 1.95. The molecule has 2 nitrogen and oxygen atoms in total. The van der Waals surface area contributed by atoms with Gasteiger partial charge in [0, 0.05) is 5.75 Å². The Kier molecular flexibility index (Phi) is 3.00. The largest absolute Gasteiger partial charge is 0.772 e. The molecule has 0 spiro atoms. The molecule has 0 aliphatic rings. The molecule has 0 bridgehead atoms. The lowest BCUT2D eigenvalue weighted by Crippen LogP contribution is -1.94. The molecule has 3 heteroatoms. The Morgan fingerprint density at radius 2 is 2.00 bits per heavy atom. The van der Waals surface area contributed by atoms with Crippen molar-refractivity contribution in [2.24, 2.45) is 0 Å². The van der Waals surface area contributed by atoms with Crippen molar-refractivity contribution in [1.29, 1.82) is 0 Å². The summed E-state index contributed by atoms with van der Waals surface area (Å²) < 4.78 is 20.7. The van der Waals surface area contributed by atoms with Crippen LogP contribution in [0.3, 0.4) is 0 Å². The summed E-state index contributed by atoms with van der Waals surface area (Å²) in [6, 6.07) is 5.70. The van der Waals surface area contributed by atoms with Crippen LogP contribution in [-0.2, 0) is 16.8 Å². The third-order valence-electron chi connectivity index (χ3n) is 1.86. The van der Waals surface area contributed by atoms with E-state index in [1.165, 1.54) is 5.56 Å². The zero-order valence-corrected chi connectivity index (χ0v) is 7.98. The molecule has 0 heterocycles. The fourth-order valence-electron chi connectivity index (χ4n) is 1.03. The second-order valence-corrected chi connectivity index (χ2v) is 3.76. The maximum atomic E-state index is 10.4. The molecule has 0 aliphatic heterocycles. The van der Waals surface area contributed by atoms with Crippen LogP contribution in [-0.4, -0.2) is 8.76 Å². The van der Waals surface area contributed by atoms with Crippen molar-refractivity contribution in [3.05, 3.63) is 34.9 Å². The van der Waals surface area contributed by atoms with Crippen molar-refractivity contribution < 1.29 is 8.76 Å². The predicted molar refractivity (Wildman–Crippen MR) is 48.5 cm³/mol. The molecule has 1 aromatic carbocycles. The summed E-state index contributed by atoms with van der Waals surface area (Å²) in [6.07, 6.45) is 0. The molecule has 0 aromatic heterocycles. The molecule has 0 amide bonds. The van der Waals surface area contributed by atoms with Gasteiger partial charge in [0.05, 0.1) is 0 Å². The first-order valence-corrected chi connectivity index (χ1v) is 4.96. The highest BCUT2D eigenvalue weighted by molar-refractivity contribution is 7.78. The molecule has 0 N–H and O–H groups in total. The number of hydrogen-bond acceptors (Lipinski definition) is 2. The number of hydrogen-bond donors (Lipinski definition) is 0.